The van der Waals surface area contributed by atoms with Gasteiger partial charge < -0.3 is 9.47 Å². The fraction of sp³-hybridized carbons (Fsp3) is 0.100. The Morgan fingerprint density at radius 3 is 1.97 bits per heavy atom. The fourth-order valence-corrected chi connectivity index (χ4v) is 3.76. The van der Waals surface area contributed by atoms with Gasteiger partial charge in [-0.3, -0.25) is 0 Å². The Bertz CT molecular complexity index is 1130. The molecule has 0 saturated carbocycles. The summed E-state index contributed by atoms with van der Waals surface area (Å²) in [5, 5.41) is -0.143. The van der Waals surface area contributed by atoms with Gasteiger partial charge in [0, 0.05) is 6.20 Å². The zero-order chi connectivity index (χ0) is 21.6. The van der Waals surface area contributed by atoms with Gasteiger partial charge in [-0.05, 0) is 17.2 Å². The molecule has 0 atom stereocenters. The normalized spacial score (nSPS) is 11.0. The average Bonchev–Trinajstić information content (AvgIpc) is 3.14. The Balaban J connectivity index is 1.68. The molecule has 0 unspecified atom stereocenters. The second kappa shape index (κ2) is 9.47. The molecule has 1 aromatic heterocycles. The maximum Gasteiger partial charge on any atom is 0.422 e. The van der Waals surface area contributed by atoms with Crippen LogP contribution in [0.25, 0.3) is 0 Å². The van der Waals surface area contributed by atoms with Crippen LogP contribution in [0.3, 0.4) is 0 Å². The van der Waals surface area contributed by atoms with Gasteiger partial charge in [-0.25, -0.2) is 18.3 Å². The third kappa shape index (κ3) is 5.40. The van der Waals surface area contributed by atoms with Crippen LogP contribution < -0.4 is 4.72 Å². The fourth-order valence-electron chi connectivity index (χ4n) is 2.48. The minimum Gasteiger partial charge on any atom is -0.456 e. The Morgan fingerprint density at radius 2 is 1.40 bits per heavy atom. The van der Waals surface area contributed by atoms with Crippen molar-refractivity contribution in [2.75, 3.05) is 0 Å². The van der Waals surface area contributed by atoms with Gasteiger partial charge in [0.25, 0.3) is 0 Å². The number of amides is 1. The summed E-state index contributed by atoms with van der Waals surface area (Å²) < 4.78 is 37.4. The summed E-state index contributed by atoms with van der Waals surface area (Å²) in [4.78, 5) is 24.4. The number of hydrogen-bond donors (Lipinski definition) is 1. The molecule has 0 aliphatic heterocycles. The highest BCUT2D eigenvalue weighted by Crippen LogP contribution is 2.20. The van der Waals surface area contributed by atoms with Crippen LogP contribution in [0.15, 0.2) is 72.9 Å². The number of aromatic nitrogens is 1. The van der Waals surface area contributed by atoms with Crippen molar-refractivity contribution in [1.82, 2.24) is 8.69 Å². The molecule has 30 heavy (non-hydrogen) atoms. The second-order valence-electron chi connectivity index (χ2n) is 6.04. The molecule has 2 aromatic carbocycles. The first-order valence-corrected chi connectivity index (χ1v) is 10.5. The number of esters is 1. The first-order chi connectivity index (χ1) is 14.4. The van der Waals surface area contributed by atoms with E-state index in [-0.39, 0.29) is 18.2 Å². The molecule has 1 N–H and O–H groups in total. The van der Waals surface area contributed by atoms with Crippen molar-refractivity contribution < 1.29 is 27.5 Å². The van der Waals surface area contributed by atoms with E-state index < -0.39 is 28.0 Å². The largest absolute Gasteiger partial charge is 0.456 e. The number of halogens is 1. The number of carbonyl (C=O) groups excluding carboxylic acids is 2. The first kappa shape index (κ1) is 21.4. The molecule has 8 nitrogen and oxygen atoms in total. The Hall–Kier alpha value is -3.30. The summed E-state index contributed by atoms with van der Waals surface area (Å²) in [7, 11) is -4.49. The van der Waals surface area contributed by atoms with Gasteiger partial charge in [-0.1, -0.05) is 72.3 Å². The minimum absolute atomic E-state index is 0.0756. The van der Waals surface area contributed by atoms with Crippen molar-refractivity contribution in [2.45, 2.75) is 13.2 Å². The van der Waals surface area contributed by atoms with Crippen molar-refractivity contribution in [3.63, 3.8) is 0 Å². The number of hydrogen-bond acceptors (Lipinski definition) is 6. The van der Waals surface area contributed by atoms with E-state index in [1.165, 1.54) is 6.07 Å². The number of benzene rings is 2. The predicted octanol–water partition coefficient (Wildman–Crippen LogP) is 3.52. The summed E-state index contributed by atoms with van der Waals surface area (Å²) in [6, 6.07) is 18.8. The van der Waals surface area contributed by atoms with E-state index in [1.54, 1.807) is 59.3 Å². The van der Waals surface area contributed by atoms with Crippen molar-refractivity contribution in [3.05, 3.63) is 94.8 Å². The van der Waals surface area contributed by atoms with E-state index in [0.29, 0.717) is 15.1 Å². The summed E-state index contributed by atoms with van der Waals surface area (Å²) in [5.74, 6) is -0.961. The zero-order valence-corrected chi connectivity index (χ0v) is 17.1. The molecule has 0 spiro atoms. The molecular weight excluding hydrogens is 432 g/mol. The van der Waals surface area contributed by atoms with E-state index >= 15 is 0 Å². The summed E-state index contributed by atoms with van der Waals surface area (Å²) >= 11 is 5.98. The van der Waals surface area contributed by atoms with Crippen molar-refractivity contribution in [1.29, 1.82) is 0 Å². The molecule has 0 aliphatic rings. The number of ether oxygens (including phenoxy) is 2. The lowest BCUT2D eigenvalue weighted by atomic mass is 10.2. The number of carbonyl (C=O) groups is 2. The smallest absolute Gasteiger partial charge is 0.422 e. The van der Waals surface area contributed by atoms with Gasteiger partial charge in [0.05, 0.1) is 5.02 Å². The summed E-state index contributed by atoms with van der Waals surface area (Å²) in [6.07, 6.45) is -0.166. The molecule has 1 amide bonds. The number of rotatable bonds is 7. The monoisotopic (exact) mass is 448 g/mol. The van der Waals surface area contributed by atoms with Crippen LogP contribution in [0.4, 0.5) is 4.79 Å². The van der Waals surface area contributed by atoms with Crippen molar-refractivity contribution in [2.24, 2.45) is 0 Å². The van der Waals surface area contributed by atoms with Gasteiger partial charge in [0.15, 0.2) is 5.69 Å². The summed E-state index contributed by atoms with van der Waals surface area (Å²) in [5.41, 5.74) is 0.959. The van der Waals surface area contributed by atoms with Crippen LogP contribution in [0.2, 0.25) is 5.02 Å². The minimum atomic E-state index is -4.49. The first-order valence-electron chi connectivity index (χ1n) is 8.69. The molecule has 0 saturated heterocycles. The van der Waals surface area contributed by atoms with Gasteiger partial charge in [-0.2, -0.15) is 8.42 Å². The SMILES string of the molecule is O=C(NS(=O)(=O)n1ccc(Cl)c1C(=O)OCc1ccccc1)OCc1ccccc1. The standard InChI is InChI=1S/C20H17ClN2O6S/c21-17-11-12-23(18(17)19(24)28-13-15-7-3-1-4-8-15)30(26,27)22-20(25)29-14-16-9-5-2-6-10-16/h1-12H,13-14H2,(H,22,25). The Labute approximate surface area is 178 Å². The number of nitrogens with one attached hydrogen (secondary N) is 1. The molecule has 0 aliphatic carbocycles. The van der Waals surface area contributed by atoms with Gasteiger partial charge in [0.1, 0.15) is 13.2 Å². The van der Waals surface area contributed by atoms with E-state index in [9.17, 15) is 18.0 Å². The molecule has 3 rings (SSSR count). The van der Waals surface area contributed by atoms with Crippen LogP contribution in [0, 0.1) is 0 Å². The predicted molar refractivity (Wildman–Crippen MR) is 109 cm³/mol. The molecule has 0 radical (unpaired) electrons. The molecule has 3 aromatic rings. The molecule has 1 heterocycles. The second-order valence-corrected chi connectivity index (χ2v) is 7.99. The third-order valence-electron chi connectivity index (χ3n) is 3.89. The van der Waals surface area contributed by atoms with Crippen LogP contribution in [0.1, 0.15) is 21.6 Å². The molecular formula is C20H17ClN2O6S. The summed E-state index contributed by atoms with van der Waals surface area (Å²) in [6.45, 7) is -0.200. The van der Waals surface area contributed by atoms with Crippen LogP contribution in [-0.4, -0.2) is 24.5 Å². The third-order valence-corrected chi connectivity index (χ3v) is 5.44. The molecule has 156 valence electrons. The lowest BCUT2D eigenvalue weighted by Crippen LogP contribution is -2.36. The van der Waals surface area contributed by atoms with Gasteiger partial charge in [-0.15, -0.1) is 0 Å². The highest BCUT2D eigenvalue weighted by Gasteiger charge is 2.27. The van der Waals surface area contributed by atoms with E-state index in [0.717, 1.165) is 6.20 Å². The van der Waals surface area contributed by atoms with E-state index in [1.807, 2.05) is 6.07 Å². The molecule has 10 heteroatoms. The van der Waals surface area contributed by atoms with Crippen LogP contribution in [0.5, 0.6) is 0 Å². The zero-order valence-electron chi connectivity index (χ0n) is 15.5. The van der Waals surface area contributed by atoms with Gasteiger partial charge in [0.2, 0.25) is 0 Å². The van der Waals surface area contributed by atoms with E-state index in [2.05, 4.69) is 0 Å². The number of nitrogens with zero attached hydrogens (tertiary/aromatic N) is 1. The van der Waals surface area contributed by atoms with E-state index in [4.69, 9.17) is 21.1 Å². The van der Waals surface area contributed by atoms with Crippen LogP contribution in [-0.2, 0) is 32.9 Å². The Morgan fingerprint density at radius 1 is 0.867 bits per heavy atom. The van der Waals surface area contributed by atoms with Crippen LogP contribution >= 0.6 is 11.6 Å². The van der Waals surface area contributed by atoms with Crippen molar-refractivity contribution in [3.8, 4) is 0 Å². The topological polar surface area (TPSA) is 104 Å². The lowest BCUT2D eigenvalue weighted by molar-refractivity contribution is 0.0464. The molecule has 0 fully saturated rings. The average molecular weight is 449 g/mol. The van der Waals surface area contributed by atoms with Gasteiger partial charge >= 0.3 is 22.3 Å². The Kier molecular flexibility index (Phi) is 6.76. The maximum absolute atomic E-state index is 12.6. The molecule has 0 bridgehead atoms. The highest BCUT2D eigenvalue weighted by atomic mass is 35.5. The maximum atomic E-state index is 12.6. The van der Waals surface area contributed by atoms with Crippen molar-refractivity contribution >= 4 is 33.9 Å². The highest BCUT2D eigenvalue weighted by molar-refractivity contribution is 7.88. The lowest BCUT2D eigenvalue weighted by Gasteiger charge is -2.12. The quantitative estimate of drug-likeness (QED) is 0.554.